The third kappa shape index (κ3) is 1.85. The van der Waals surface area contributed by atoms with Crippen LogP contribution in [0, 0.1) is 11.3 Å². The molecule has 108 valence electrons. The molecule has 0 bridgehead atoms. The molecular formula is C17H13N3O2. The molecular weight excluding hydrogens is 278 g/mol. The maximum absolute atomic E-state index is 9.48. The first-order valence-electron chi connectivity index (χ1n) is 7.06. The molecule has 0 amide bonds. The predicted octanol–water partition coefficient (Wildman–Crippen LogP) is 3.02. The van der Waals surface area contributed by atoms with Crippen LogP contribution < -0.4 is 5.73 Å². The molecule has 0 fully saturated rings. The topological polar surface area (TPSA) is 85.1 Å². The fourth-order valence-corrected chi connectivity index (χ4v) is 2.89. The maximum atomic E-state index is 9.48. The number of hydrogen-bond donors (Lipinski definition) is 1. The van der Waals surface area contributed by atoms with Crippen LogP contribution in [0.1, 0.15) is 16.8 Å². The Labute approximate surface area is 126 Å². The van der Waals surface area contributed by atoms with Crippen molar-refractivity contribution in [3.8, 4) is 17.4 Å². The quantitative estimate of drug-likeness (QED) is 0.745. The van der Waals surface area contributed by atoms with Gasteiger partial charge in [-0.25, -0.2) is 4.98 Å². The number of para-hydroxylation sites is 1. The lowest BCUT2D eigenvalue weighted by Crippen LogP contribution is -2.15. The van der Waals surface area contributed by atoms with Gasteiger partial charge in [0.1, 0.15) is 28.8 Å². The first-order valence-corrected chi connectivity index (χ1v) is 7.06. The molecule has 0 aliphatic carbocycles. The number of aromatic nitrogens is 1. The molecule has 4 rings (SSSR count). The Morgan fingerprint density at radius 1 is 1.27 bits per heavy atom. The zero-order valence-electron chi connectivity index (χ0n) is 11.8. The molecule has 3 aromatic rings. The van der Waals surface area contributed by atoms with Gasteiger partial charge >= 0.3 is 0 Å². The van der Waals surface area contributed by atoms with Gasteiger partial charge in [-0.05, 0) is 12.1 Å². The predicted molar refractivity (Wildman–Crippen MR) is 81.9 cm³/mol. The number of benzene rings is 1. The van der Waals surface area contributed by atoms with Gasteiger partial charge in [-0.15, -0.1) is 0 Å². The summed E-state index contributed by atoms with van der Waals surface area (Å²) in [6, 6.07) is 11.8. The van der Waals surface area contributed by atoms with Crippen LogP contribution in [0.25, 0.3) is 22.3 Å². The van der Waals surface area contributed by atoms with Gasteiger partial charge in [-0.2, -0.15) is 5.26 Å². The summed E-state index contributed by atoms with van der Waals surface area (Å²) in [5.41, 5.74) is 9.60. The number of furan rings is 1. The van der Waals surface area contributed by atoms with Crippen molar-refractivity contribution in [3.63, 3.8) is 0 Å². The third-order valence-corrected chi connectivity index (χ3v) is 3.93. The van der Waals surface area contributed by atoms with Gasteiger partial charge in [-0.3, -0.25) is 0 Å². The Morgan fingerprint density at radius 2 is 2.14 bits per heavy atom. The molecule has 5 heteroatoms. The van der Waals surface area contributed by atoms with E-state index in [9.17, 15) is 5.26 Å². The highest BCUT2D eigenvalue weighted by Crippen LogP contribution is 2.37. The highest BCUT2D eigenvalue weighted by atomic mass is 16.5. The number of rotatable bonds is 1. The molecule has 0 spiro atoms. The second-order valence-electron chi connectivity index (χ2n) is 5.24. The van der Waals surface area contributed by atoms with Gasteiger partial charge in [0.2, 0.25) is 0 Å². The maximum Gasteiger partial charge on any atom is 0.142 e. The monoisotopic (exact) mass is 291 g/mol. The molecule has 1 aromatic carbocycles. The average molecular weight is 291 g/mol. The zero-order valence-corrected chi connectivity index (χ0v) is 11.8. The summed E-state index contributed by atoms with van der Waals surface area (Å²) in [5, 5.41) is 10.5. The molecule has 5 nitrogen and oxygen atoms in total. The fourth-order valence-electron chi connectivity index (χ4n) is 2.89. The van der Waals surface area contributed by atoms with Crippen molar-refractivity contribution in [1.82, 2.24) is 4.98 Å². The SMILES string of the molecule is N#Cc1c(N)nc2c(c1-c1cc3ccccc3o1)COCC2. The number of hydrogen-bond acceptors (Lipinski definition) is 5. The highest BCUT2D eigenvalue weighted by molar-refractivity contribution is 5.86. The number of nitrogens with zero attached hydrogens (tertiary/aromatic N) is 2. The van der Waals surface area contributed by atoms with Gasteiger partial charge in [0.25, 0.3) is 0 Å². The second kappa shape index (κ2) is 4.86. The van der Waals surface area contributed by atoms with Crippen molar-refractivity contribution < 1.29 is 9.15 Å². The number of anilines is 1. The number of pyridine rings is 1. The van der Waals surface area contributed by atoms with Gasteiger partial charge in [0.15, 0.2) is 0 Å². The molecule has 0 atom stereocenters. The van der Waals surface area contributed by atoms with E-state index in [2.05, 4.69) is 11.1 Å². The van der Waals surface area contributed by atoms with E-state index in [1.807, 2.05) is 30.3 Å². The molecule has 22 heavy (non-hydrogen) atoms. The molecule has 1 aliphatic heterocycles. The molecule has 0 unspecified atom stereocenters. The van der Waals surface area contributed by atoms with E-state index in [1.54, 1.807) is 0 Å². The minimum Gasteiger partial charge on any atom is -0.456 e. The van der Waals surface area contributed by atoms with Crippen LogP contribution in [0.5, 0.6) is 0 Å². The van der Waals surface area contributed by atoms with Crippen molar-refractivity contribution in [1.29, 1.82) is 5.26 Å². The minimum absolute atomic E-state index is 0.249. The van der Waals surface area contributed by atoms with E-state index >= 15 is 0 Å². The van der Waals surface area contributed by atoms with Crippen LogP contribution >= 0.6 is 0 Å². The van der Waals surface area contributed by atoms with Gasteiger partial charge in [0.05, 0.1) is 18.9 Å². The molecule has 0 radical (unpaired) electrons. The lowest BCUT2D eigenvalue weighted by Gasteiger charge is -2.20. The molecule has 1 aliphatic rings. The van der Waals surface area contributed by atoms with Crippen LogP contribution in [0.2, 0.25) is 0 Å². The molecule has 2 aromatic heterocycles. The van der Waals surface area contributed by atoms with Gasteiger partial charge in [-0.1, -0.05) is 18.2 Å². The summed E-state index contributed by atoms with van der Waals surface area (Å²) in [7, 11) is 0. The summed E-state index contributed by atoms with van der Waals surface area (Å²) in [5.74, 6) is 0.882. The standard InChI is InChI=1S/C17H13N3O2/c18-8-11-16(12-9-21-6-5-13(12)20-17(11)19)15-7-10-3-1-2-4-14(10)22-15/h1-4,7H,5-6,9H2,(H2,19,20). The third-order valence-electron chi connectivity index (χ3n) is 3.93. The van der Waals surface area contributed by atoms with Crippen molar-refractivity contribution in [3.05, 3.63) is 47.2 Å². The van der Waals surface area contributed by atoms with Crippen LogP contribution in [0.3, 0.4) is 0 Å². The lowest BCUT2D eigenvalue weighted by molar-refractivity contribution is 0.109. The summed E-state index contributed by atoms with van der Waals surface area (Å²) >= 11 is 0. The smallest absolute Gasteiger partial charge is 0.142 e. The second-order valence-corrected chi connectivity index (χ2v) is 5.24. The Morgan fingerprint density at radius 3 is 2.95 bits per heavy atom. The van der Waals surface area contributed by atoms with E-state index in [0.29, 0.717) is 36.5 Å². The van der Waals surface area contributed by atoms with Crippen LogP contribution in [-0.2, 0) is 17.8 Å². The Hall–Kier alpha value is -2.84. The Kier molecular flexibility index (Phi) is 2.84. The van der Waals surface area contributed by atoms with E-state index in [-0.39, 0.29) is 5.82 Å². The van der Waals surface area contributed by atoms with Crippen molar-refractivity contribution in [2.75, 3.05) is 12.3 Å². The summed E-state index contributed by atoms with van der Waals surface area (Å²) in [6.45, 7) is 1.04. The molecule has 3 heterocycles. The molecule has 0 saturated carbocycles. The first-order chi connectivity index (χ1) is 10.8. The number of fused-ring (bicyclic) bond motifs is 2. The lowest BCUT2D eigenvalue weighted by atomic mass is 9.96. The van der Waals surface area contributed by atoms with E-state index < -0.39 is 0 Å². The largest absolute Gasteiger partial charge is 0.456 e. The minimum atomic E-state index is 0.249. The van der Waals surface area contributed by atoms with Gasteiger partial charge in [0, 0.05) is 22.9 Å². The molecule has 2 N–H and O–H groups in total. The van der Waals surface area contributed by atoms with Crippen molar-refractivity contribution >= 4 is 16.8 Å². The average Bonchev–Trinajstić information content (AvgIpc) is 2.97. The normalized spacial score (nSPS) is 13.8. The number of nitrogen functional groups attached to an aromatic ring is 1. The Balaban J connectivity index is 2.04. The number of ether oxygens (including phenoxy) is 1. The number of nitrogens with two attached hydrogens (primary N) is 1. The van der Waals surface area contributed by atoms with E-state index in [0.717, 1.165) is 22.2 Å². The van der Waals surface area contributed by atoms with E-state index in [4.69, 9.17) is 14.9 Å². The zero-order chi connectivity index (χ0) is 15.1. The highest BCUT2D eigenvalue weighted by Gasteiger charge is 2.24. The van der Waals surface area contributed by atoms with Crippen LogP contribution in [-0.4, -0.2) is 11.6 Å². The number of nitriles is 1. The summed E-state index contributed by atoms with van der Waals surface area (Å²) in [6.07, 6.45) is 0.693. The summed E-state index contributed by atoms with van der Waals surface area (Å²) in [4.78, 5) is 4.36. The molecule has 0 saturated heterocycles. The first kappa shape index (κ1) is 12.9. The van der Waals surface area contributed by atoms with Crippen molar-refractivity contribution in [2.45, 2.75) is 13.0 Å². The van der Waals surface area contributed by atoms with E-state index in [1.165, 1.54) is 0 Å². The van der Waals surface area contributed by atoms with Crippen LogP contribution in [0.15, 0.2) is 34.7 Å². The Bertz CT molecular complexity index is 889. The fraction of sp³-hybridized carbons (Fsp3) is 0.176. The summed E-state index contributed by atoms with van der Waals surface area (Å²) < 4.78 is 11.5. The van der Waals surface area contributed by atoms with Gasteiger partial charge < -0.3 is 14.9 Å². The van der Waals surface area contributed by atoms with Crippen LogP contribution in [0.4, 0.5) is 5.82 Å². The van der Waals surface area contributed by atoms with Crippen molar-refractivity contribution in [2.24, 2.45) is 0 Å².